The molecular formula is C28H26ClN5O2S. The lowest BCUT2D eigenvalue weighted by Crippen LogP contribution is -2.30. The molecule has 2 N–H and O–H groups in total. The molecular weight excluding hydrogens is 506 g/mol. The number of halogens is 1. The van der Waals surface area contributed by atoms with Crippen LogP contribution in [0.4, 0.5) is 11.4 Å². The lowest BCUT2D eigenvalue weighted by atomic mass is 10.0. The predicted molar refractivity (Wildman–Crippen MR) is 150 cm³/mol. The molecule has 37 heavy (non-hydrogen) atoms. The van der Waals surface area contributed by atoms with Gasteiger partial charge in [-0.05, 0) is 73.7 Å². The van der Waals surface area contributed by atoms with Gasteiger partial charge in [-0.15, -0.1) is 0 Å². The van der Waals surface area contributed by atoms with Gasteiger partial charge in [0.05, 0.1) is 22.4 Å². The number of para-hydroxylation sites is 1. The van der Waals surface area contributed by atoms with E-state index in [1.165, 1.54) is 7.11 Å². The van der Waals surface area contributed by atoms with Crippen LogP contribution >= 0.6 is 23.8 Å². The summed E-state index contributed by atoms with van der Waals surface area (Å²) in [5.41, 5.74) is 5.41. The zero-order valence-electron chi connectivity index (χ0n) is 20.4. The average Bonchev–Trinajstić information content (AvgIpc) is 3.45. The monoisotopic (exact) mass is 531 g/mol. The highest BCUT2D eigenvalue weighted by molar-refractivity contribution is 7.80. The van der Waals surface area contributed by atoms with E-state index in [0.29, 0.717) is 15.8 Å². The number of nitrogens with one attached hydrogen (secondary N) is 2. The molecule has 0 aliphatic carbocycles. The van der Waals surface area contributed by atoms with E-state index in [4.69, 9.17) is 28.6 Å². The molecule has 0 spiro atoms. The van der Waals surface area contributed by atoms with E-state index >= 15 is 0 Å². The zero-order chi connectivity index (χ0) is 25.9. The van der Waals surface area contributed by atoms with Crippen molar-refractivity contribution in [3.05, 3.63) is 107 Å². The van der Waals surface area contributed by atoms with Gasteiger partial charge < -0.3 is 24.8 Å². The SMILES string of the molecule is COCC(=O)Nc1ccc(N2C(=S)N[C@H](c3ccccn3)[C@@H]2c2ccc(C)n2-c2ccccc2)cc1Cl. The van der Waals surface area contributed by atoms with Crippen molar-refractivity contribution < 1.29 is 9.53 Å². The number of hydrogen-bond acceptors (Lipinski definition) is 4. The Bertz CT molecular complexity index is 1430. The normalized spacial score (nSPS) is 17.1. The molecule has 0 radical (unpaired) electrons. The number of nitrogens with zero attached hydrogens (tertiary/aromatic N) is 3. The number of pyridine rings is 1. The van der Waals surface area contributed by atoms with Gasteiger partial charge in [-0.3, -0.25) is 9.78 Å². The number of aryl methyl sites for hydroxylation is 1. The summed E-state index contributed by atoms with van der Waals surface area (Å²) in [7, 11) is 1.47. The van der Waals surface area contributed by atoms with Crippen molar-refractivity contribution in [1.29, 1.82) is 0 Å². The highest BCUT2D eigenvalue weighted by atomic mass is 35.5. The molecule has 5 rings (SSSR count). The Hall–Kier alpha value is -3.72. The summed E-state index contributed by atoms with van der Waals surface area (Å²) in [6.07, 6.45) is 1.79. The lowest BCUT2D eigenvalue weighted by molar-refractivity contribution is -0.119. The molecule has 1 aliphatic rings. The van der Waals surface area contributed by atoms with E-state index < -0.39 is 0 Å². The first kappa shape index (κ1) is 25.0. The van der Waals surface area contributed by atoms with Crippen LogP contribution < -0.4 is 15.5 Å². The molecule has 1 fully saturated rings. The van der Waals surface area contributed by atoms with Crippen molar-refractivity contribution in [3.63, 3.8) is 0 Å². The molecule has 7 nitrogen and oxygen atoms in total. The lowest BCUT2D eigenvalue weighted by Gasteiger charge is -2.29. The Labute approximate surface area is 226 Å². The Morgan fingerprint density at radius 2 is 1.86 bits per heavy atom. The predicted octanol–water partition coefficient (Wildman–Crippen LogP) is 5.60. The summed E-state index contributed by atoms with van der Waals surface area (Å²) in [5, 5.41) is 7.23. The standard InChI is InChI=1S/C28H26ClN5O2S/c1-18-11-14-24(33(18)19-8-4-3-5-9-19)27-26(23-10-6-7-15-30-23)32-28(37)34(27)20-12-13-22(21(29)16-20)31-25(35)17-36-2/h3-16,26-27H,17H2,1-2H3,(H,31,35)(H,32,37)/t26-,27+/m1/s1. The number of hydrogen-bond donors (Lipinski definition) is 2. The van der Waals surface area contributed by atoms with E-state index in [1.54, 1.807) is 12.3 Å². The van der Waals surface area contributed by atoms with Crippen molar-refractivity contribution in [1.82, 2.24) is 14.9 Å². The molecule has 1 saturated heterocycles. The third-order valence-corrected chi connectivity index (χ3v) is 6.93. The molecule has 2 atom stereocenters. The first-order valence-corrected chi connectivity index (χ1v) is 12.6. The number of amides is 1. The van der Waals surface area contributed by atoms with Crippen molar-refractivity contribution in [2.45, 2.75) is 19.0 Å². The van der Waals surface area contributed by atoms with Crippen LogP contribution in [-0.2, 0) is 9.53 Å². The smallest absolute Gasteiger partial charge is 0.250 e. The Kier molecular flexibility index (Phi) is 7.23. The second-order valence-electron chi connectivity index (χ2n) is 8.71. The Balaban J connectivity index is 1.61. The number of thiocarbonyl (C=S) groups is 1. The molecule has 0 bridgehead atoms. The van der Waals surface area contributed by atoms with Crippen LogP contribution in [0.25, 0.3) is 5.69 Å². The van der Waals surface area contributed by atoms with Gasteiger partial charge in [0.15, 0.2) is 5.11 Å². The molecule has 9 heteroatoms. The highest BCUT2D eigenvalue weighted by Crippen LogP contribution is 2.43. The second-order valence-corrected chi connectivity index (χ2v) is 9.51. The zero-order valence-corrected chi connectivity index (χ0v) is 22.0. The molecule has 0 saturated carbocycles. The molecule has 2 aromatic carbocycles. The average molecular weight is 532 g/mol. The first-order valence-electron chi connectivity index (χ1n) is 11.8. The molecule has 188 valence electrons. The fourth-order valence-corrected chi connectivity index (χ4v) is 5.29. The minimum absolute atomic E-state index is 0.0537. The number of aromatic nitrogens is 2. The maximum absolute atomic E-state index is 12.0. The third kappa shape index (κ3) is 4.96. The number of benzene rings is 2. The largest absolute Gasteiger partial charge is 0.375 e. The van der Waals surface area contributed by atoms with Gasteiger partial charge in [0, 0.05) is 36.1 Å². The first-order chi connectivity index (χ1) is 18.0. The number of rotatable bonds is 7. The van der Waals surface area contributed by atoms with Crippen molar-refractivity contribution in [2.75, 3.05) is 23.9 Å². The summed E-state index contributed by atoms with van der Waals surface area (Å²) in [6, 6.07) is 25.4. The number of carbonyl (C=O) groups is 1. The van der Waals surface area contributed by atoms with Crippen molar-refractivity contribution in [2.24, 2.45) is 0 Å². The fraction of sp³-hybridized carbons (Fsp3) is 0.179. The summed E-state index contributed by atoms with van der Waals surface area (Å²) < 4.78 is 7.14. The van der Waals surface area contributed by atoms with Crippen LogP contribution in [0.3, 0.4) is 0 Å². The maximum Gasteiger partial charge on any atom is 0.250 e. The van der Waals surface area contributed by atoms with E-state index in [2.05, 4.69) is 56.3 Å². The summed E-state index contributed by atoms with van der Waals surface area (Å²) in [5.74, 6) is -0.278. The molecule has 3 heterocycles. The Morgan fingerprint density at radius 1 is 1.08 bits per heavy atom. The quantitative estimate of drug-likeness (QED) is 0.303. The van der Waals surface area contributed by atoms with Crippen LogP contribution in [0.15, 0.2) is 85.1 Å². The fourth-order valence-electron chi connectivity index (χ4n) is 4.73. The van der Waals surface area contributed by atoms with Crippen LogP contribution in [0.1, 0.15) is 29.2 Å². The Morgan fingerprint density at radius 3 is 2.57 bits per heavy atom. The summed E-state index contributed by atoms with van der Waals surface area (Å²) in [6.45, 7) is 2.04. The van der Waals surface area contributed by atoms with Crippen LogP contribution in [-0.4, -0.2) is 34.3 Å². The number of ether oxygens (including phenoxy) is 1. The van der Waals surface area contributed by atoms with Gasteiger partial charge >= 0.3 is 0 Å². The molecule has 1 aliphatic heterocycles. The highest BCUT2D eigenvalue weighted by Gasteiger charge is 2.42. The van der Waals surface area contributed by atoms with Crippen molar-refractivity contribution >= 4 is 46.2 Å². The van der Waals surface area contributed by atoms with Crippen LogP contribution in [0.2, 0.25) is 5.02 Å². The van der Waals surface area contributed by atoms with E-state index in [1.807, 2.05) is 48.5 Å². The van der Waals surface area contributed by atoms with E-state index in [9.17, 15) is 4.79 Å². The van der Waals surface area contributed by atoms with Gasteiger partial charge in [0.25, 0.3) is 0 Å². The number of anilines is 2. The number of methoxy groups -OCH3 is 1. The minimum atomic E-state index is -0.278. The molecule has 1 amide bonds. The second kappa shape index (κ2) is 10.7. The summed E-state index contributed by atoms with van der Waals surface area (Å²) >= 11 is 12.5. The number of carbonyl (C=O) groups excluding carboxylic acids is 1. The van der Waals surface area contributed by atoms with Gasteiger partial charge in [0.2, 0.25) is 5.91 Å². The third-order valence-electron chi connectivity index (χ3n) is 6.30. The molecule has 0 unspecified atom stereocenters. The van der Waals surface area contributed by atoms with E-state index in [0.717, 1.165) is 28.5 Å². The minimum Gasteiger partial charge on any atom is -0.375 e. The summed E-state index contributed by atoms with van der Waals surface area (Å²) in [4.78, 5) is 18.7. The maximum atomic E-state index is 12.0. The van der Waals surface area contributed by atoms with E-state index in [-0.39, 0.29) is 24.6 Å². The molecule has 4 aromatic rings. The van der Waals surface area contributed by atoms with Crippen molar-refractivity contribution in [3.8, 4) is 5.69 Å². The van der Waals surface area contributed by atoms with Gasteiger partial charge in [0.1, 0.15) is 12.6 Å². The molecule has 2 aromatic heterocycles. The van der Waals surface area contributed by atoms with Gasteiger partial charge in [-0.1, -0.05) is 35.9 Å². The topological polar surface area (TPSA) is 71.4 Å². The van der Waals surface area contributed by atoms with Crippen LogP contribution in [0.5, 0.6) is 0 Å². The van der Waals surface area contributed by atoms with Crippen LogP contribution in [0, 0.1) is 6.92 Å². The van der Waals surface area contributed by atoms with Gasteiger partial charge in [-0.2, -0.15) is 0 Å². The van der Waals surface area contributed by atoms with Gasteiger partial charge in [-0.25, -0.2) is 0 Å².